The number of hydrogen-bond donors (Lipinski definition) is 0. The van der Waals surface area contributed by atoms with Gasteiger partial charge in [-0.15, -0.1) is 0 Å². The van der Waals surface area contributed by atoms with Gasteiger partial charge in [-0.25, -0.2) is 0 Å². The molecule has 0 aromatic rings. The molecule has 0 radical (unpaired) electrons. The summed E-state index contributed by atoms with van der Waals surface area (Å²) in [6, 6.07) is 0. The third kappa shape index (κ3) is 3.28. The Hall–Kier alpha value is -0.410. The van der Waals surface area contributed by atoms with E-state index in [1.807, 2.05) is 13.8 Å². The van der Waals surface area contributed by atoms with E-state index in [4.69, 9.17) is 4.74 Å². The van der Waals surface area contributed by atoms with Crippen LogP contribution in [0.4, 0.5) is 0 Å². The molecule has 1 heterocycles. The lowest BCUT2D eigenvalue weighted by Gasteiger charge is -2.33. The van der Waals surface area contributed by atoms with E-state index >= 15 is 0 Å². The molecule has 0 N–H and O–H groups in total. The lowest BCUT2D eigenvalue weighted by atomic mass is 9.97. The zero-order chi connectivity index (χ0) is 11.3. The third-order valence-corrected chi connectivity index (χ3v) is 3.16. The number of likely N-dealkylation sites (tertiary alicyclic amines) is 1. The summed E-state index contributed by atoms with van der Waals surface area (Å²) < 4.78 is 5.31. The zero-order valence-electron chi connectivity index (χ0n) is 10.2. The fourth-order valence-electron chi connectivity index (χ4n) is 1.94. The second-order valence-corrected chi connectivity index (χ2v) is 4.73. The number of carbonyl (C=O) groups is 1. The molecule has 0 aliphatic carbocycles. The number of Topliss-reactive ketones (excluding diaryl/α,β-unsaturated/α-hetero) is 1. The number of ketones is 1. The van der Waals surface area contributed by atoms with Crippen molar-refractivity contribution in [2.45, 2.75) is 45.6 Å². The summed E-state index contributed by atoms with van der Waals surface area (Å²) in [6.45, 7) is 9.11. The first-order valence-electron chi connectivity index (χ1n) is 5.95. The van der Waals surface area contributed by atoms with Crippen LogP contribution in [-0.4, -0.2) is 42.5 Å². The minimum atomic E-state index is -0.343. The molecule has 3 heteroatoms. The highest BCUT2D eigenvalue weighted by atomic mass is 16.5. The molecule has 1 aliphatic rings. The second kappa shape index (κ2) is 5.61. The van der Waals surface area contributed by atoms with Crippen LogP contribution in [0.5, 0.6) is 0 Å². The fraction of sp³-hybridized carbons (Fsp3) is 0.917. The van der Waals surface area contributed by atoms with E-state index in [1.165, 1.54) is 12.8 Å². The largest absolute Gasteiger partial charge is 0.374 e. The van der Waals surface area contributed by atoms with Crippen LogP contribution in [0, 0.1) is 0 Å². The Labute approximate surface area is 92.8 Å². The predicted octanol–water partition coefficient (Wildman–Crippen LogP) is 1.86. The Morgan fingerprint density at radius 2 is 1.93 bits per heavy atom. The van der Waals surface area contributed by atoms with E-state index in [9.17, 15) is 4.79 Å². The van der Waals surface area contributed by atoms with Crippen LogP contribution in [0.2, 0.25) is 0 Å². The molecule has 0 aromatic heterocycles. The van der Waals surface area contributed by atoms with Gasteiger partial charge in [0.2, 0.25) is 0 Å². The van der Waals surface area contributed by atoms with Crippen molar-refractivity contribution in [3.05, 3.63) is 0 Å². The standard InChI is InChI=1S/C12H23NO2/c1-4-9-15-10-11(14)12(2,3)13-7-5-6-8-13/h4-10H2,1-3H3. The Morgan fingerprint density at radius 1 is 1.33 bits per heavy atom. The van der Waals surface area contributed by atoms with Crippen molar-refractivity contribution in [3.8, 4) is 0 Å². The Kier molecular flexibility index (Phi) is 4.74. The van der Waals surface area contributed by atoms with Crippen molar-refractivity contribution in [2.75, 3.05) is 26.3 Å². The molecule has 0 bridgehead atoms. The van der Waals surface area contributed by atoms with Crippen LogP contribution in [-0.2, 0) is 9.53 Å². The van der Waals surface area contributed by atoms with Crippen LogP contribution in [0.25, 0.3) is 0 Å². The summed E-state index contributed by atoms with van der Waals surface area (Å²) in [7, 11) is 0. The van der Waals surface area contributed by atoms with E-state index in [-0.39, 0.29) is 17.9 Å². The van der Waals surface area contributed by atoms with Crippen LogP contribution < -0.4 is 0 Å². The highest BCUT2D eigenvalue weighted by Crippen LogP contribution is 2.21. The highest BCUT2D eigenvalue weighted by Gasteiger charge is 2.35. The average Bonchev–Trinajstić information content (AvgIpc) is 2.71. The molecule has 0 spiro atoms. The fourth-order valence-corrected chi connectivity index (χ4v) is 1.94. The van der Waals surface area contributed by atoms with Gasteiger partial charge in [0.15, 0.2) is 5.78 Å². The summed E-state index contributed by atoms with van der Waals surface area (Å²) in [4.78, 5) is 14.2. The van der Waals surface area contributed by atoms with Gasteiger partial charge >= 0.3 is 0 Å². The van der Waals surface area contributed by atoms with Crippen molar-refractivity contribution in [2.24, 2.45) is 0 Å². The van der Waals surface area contributed by atoms with Crippen molar-refractivity contribution in [3.63, 3.8) is 0 Å². The van der Waals surface area contributed by atoms with Gasteiger partial charge in [-0.05, 0) is 46.2 Å². The second-order valence-electron chi connectivity index (χ2n) is 4.73. The van der Waals surface area contributed by atoms with Gasteiger partial charge in [-0.3, -0.25) is 9.69 Å². The van der Waals surface area contributed by atoms with Crippen molar-refractivity contribution in [1.29, 1.82) is 0 Å². The minimum absolute atomic E-state index is 0.206. The maximum atomic E-state index is 12.0. The Balaban J connectivity index is 2.41. The van der Waals surface area contributed by atoms with Crippen molar-refractivity contribution in [1.82, 2.24) is 4.90 Å². The molecule has 0 unspecified atom stereocenters. The molecule has 0 amide bonds. The molecule has 88 valence electrons. The van der Waals surface area contributed by atoms with Crippen LogP contribution in [0.3, 0.4) is 0 Å². The highest BCUT2D eigenvalue weighted by molar-refractivity contribution is 5.88. The minimum Gasteiger partial charge on any atom is -0.374 e. The van der Waals surface area contributed by atoms with E-state index in [0.29, 0.717) is 6.61 Å². The number of rotatable bonds is 6. The third-order valence-electron chi connectivity index (χ3n) is 3.16. The molecule has 1 aliphatic heterocycles. The van der Waals surface area contributed by atoms with Crippen molar-refractivity contribution < 1.29 is 9.53 Å². The maximum absolute atomic E-state index is 12.0. The van der Waals surface area contributed by atoms with Gasteiger partial charge in [0.25, 0.3) is 0 Å². The quantitative estimate of drug-likeness (QED) is 0.631. The maximum Gasteiger partial charge on any atom is 0.178 e. The van der Waals surface area contributed by atoms with E-state index in [1.54, 1.807) is 0 Å². The number of hydrogen-bond acceptors (Lipinski definition) is 3. The summed E-state index contributed by atoms with van der Waals surface area (Å²) >= 11 is 0. The molecule has 0 atom stereocenters. The lowest BCUT2D eigenvalue weighted by molar-refractivity contribution is -0.133. The van der Waals surface area contributed by atoms with Crippen LogP contribution in [0.15, 0.2) is 0 Å². The van der Waals surface area contributed by atoms with Gasteiger partial charge in [0.05, 0.1) is 5.54 Å². The molecule has 1 saturated heterocycles. The van der Waals surface area contributed by atoms with Gasteiger partial charge < -0.3 is 4.74 Å². The van der Waals surface area contributed by atoms with Gasteiger partial charge in [0, 0.05) is 6.61 Å². The zero-order valence-corrected chi connectivity index (χ0v) is 10.2. The molecular formula is C12H23NO2. The van der Waals surface area contributed by atoms with Crippen molar-refractivity contribution >= 4 is 5.78 Å². The Bertz CT molecular complexity index is 208. The molecular weight excluding hydrogens is 190 g/mol. The lowest BCUT2D eigenvalue weighted by Crippen LogP contribution is -2.50. The molecule has 15 heavy (non-hydrogen) atoms. The predicted molar refractivity (Wildman–Crippen MR) is 61.0 cm³/mol. The summed E-state index contributed by atoms with van der Waals surface area (Å²) in [5.74, 6) is 0.206. The van der Waals surface area contributed by atoms with E-state index in [0.717, 1.165) is 19.5 Å². The molecule has 3 nitrogen and oxygen atoms in total. The van der Waals surface area contributed by atoms with Crippen LogP contribution >= 0.6 is 0 Å². The number of carbonyl (C=O) groups excluding carboxylic acids is 1. The van der Waals surface area contributed by atoms with Crippen LogP contribution in [0.1, 0.15) is 40.0 Å². The first-order chi connectivity index (χ1) is 7.09. The SMILES string of the molecule is CCCOCC(=O)C(C)(C)N1CCCC1. The topological polar surface area (TPSA) is 29.5 Å². The summed E-state index contributed by atoms with van der Waals surface area (Å²) in [6.07, 6.45) is 3.40. The Morgan fingerprint density at radius 3 is 2.47 bits per heavy atom. The summed E-state index contributed by atoms with van der Waals surface area (Å²) in [5.41, 5.74) is -0.343. The van der Waals surface area contributed by atoms with E-state index < -0.39 is 0 Å². The molecule has 0 saturated carbocycles. The molecule has 1 rings (SSSR count). The smallest absolute Gasteiger partial charge is 0.178 e. The normalized spacial score (nSPS) is 18.3. The first kappa shape index (κ1) is 12.7. The number of ether oxygens (including phenoxy) is 1. The van der Waals surface area contributed by atoms with Gasteiger partial charge in [-0.1, -0.05) is 6.92 Å². The van der Waals surface area contributed by atoms with E-state index in [2.05, 4.69) is 11.8 Å². The first-order valence-corrected chi connectivity index (χ1v) is 5.95. The summed E-state index contributed by atoms with van der Waals surface area (Å²) in [5, 5.41) is 0. The van der Waals surface area contributed by atoms with Gasteiger partial charge in [0.1, 0.15) is 6.61 Å². The number of nitrogens with zero attached hydrogens (tertiary/aromatic N) is 1. The average molecular weight is 213 g/mol. The molecule has 0 aromatic carbocycles. The molecule has 1 fully saturated rings. The monoisotopic (exact) mass is 213 g/mol. The van der Waals surface area contributed by atoms with Gasteiger partial charge in [-0.2, -0.15) is 0 Å².